The minimum atomic E-state index is 0.525. The van der Waals surface area contributed by atoms with Gasteiger partial charge in [-0.25, -0.2) is 0 Å². The Morgan fingerprint density at radius 1 is 1.14 bits per heavy atom. The van der Waals surface area contributed by atoms with E-state index in [-0.39, 0.29) is 0 Å². The lowest BCUT2D eigenvalue weighted by Crippen LogP contribution is -2.38. The summed E-state index contributed by atoms with van der Waals surface area (Å²) in [7, 11) is 1.73. The lowest BCUT2D eigenvalue weighted by molar-refractivity contribution is 0.196. The quantitative estimate of drug-likeness (QED) is 0.552. The fraction of sp³-hybridized carbons (Fsp3) is 1.00. The molecule has 3 nitrogen and oxygen atoms in total. The van der Waals surface area contributed by atoms with Crippen molar-refractivity contribution in [3.05, 3.63) is 0 Å². The summed E-state index contributed by atoms with van der Waals surface area (Å²) in [6, 6.07) is 0.525. The van der Waals surface area contributed by atoms with Gasteiger partial charge in [0.2, 0.25) is 0 Å². The molecule has 1 unspecified atom stereocenters. The molecule has 0 amide bonds. The van der Waals surface area contributed by atoms with E-state index < -0.39 is 0 Å². The van der Waals surface area contributed by atoms with Crippen LogP contribution in [0.2, 0.25) is 0 Å². The van der Waals surface area contributed by atoms with Gasteiger partial charge in [-0.2, -0.15) is 0 Å². The Hall–Kier alpha value is -0.120. The van der Waals surface area contributed by atoms with E-state index in [1.807, 2.05) is 0 Å². The predicted molar refractivity (Wildman–Crippen MR) is 61.7 cm³/mol. The Balaban J connectivity index is 3.14. The molecule has 0 bridgehead atoms. The van der Waals surface area contributed by atoms with Crippen molar-refractivity contribution >= 4 is 0 Å². The molecule has 1 atom stereocenters. The first-order valence-electron chi connectivity index (χ1n) is 5.59. The van der Waals surface area contributed by atoms with Crippen molar-refractivity contribution in [2.45, 2.75) is 33.2 Å². The number of rotatable bonds is 9. The molecule has 86 valence electrons. The van der Waals surface area contributed by atoms with Crippen molar-refractivity contribution in [2.24, 2.45) is 5.92 Å². The second-order valence-corrected chi connectivity index (χ2v) is 4.23. The Kier molecular flexibility index (Phi) is 9.35. The zero-order valence-corrected chi connectivity index (χ0v) is 10.1. The molecule has 0 saturated carbocycles. The van der Waals surface area contributed by atoms with Crippen LogP contribution in [-0.2, 0) is 4.74 Å². The van der Waals surface area contributed by atoms with E-state index in [1.165, 1.54) is 6.42 Å². The molecule has 0 rings (SSSR count). The average molecular weight is 202 g/mol. The highest BCUT2D eigenvalue weighted by molar-refractivity contribution is 4.63. The molecule has 0 aromatic heterocycles. The molecule has 0 aromatic carbocycles. The van der Waals surface area contributed by atoms with Gasteiger partial charge in [-0.05, 0) is 25.8 Å². The van der Waals surface area contributed by atoms with Crippen molar-refractivity contribution in [1.29, 1.82) is 0 Å². The van der Waals surface area contributed by atoms with Crippen LogP contribution in [0.25, 0.3) is 0 Å². The highest BCUT2D eigenvalue weighted by Gasteiger charge is 1.99. The third-order valence-corrected chi connectivity index (χ3v) is 2.15. The molecule has 0 spiro atoms. The summed E-state index contributed by atoms with van der Waals surface area (Å²) in [6.45, 7) is 10.6. The van der Waals surface area contributed by atoms with Crippen LogP contribution < -0.4 is 10.6 Å². The molecule has 3 heteroatoms. The topological polar surface area (TPSA) is 33.3 Å². The van der Waals surface area contributed by atoms with Gasteiger partial charge in [-0.3, -0.25) is 0 Å². The normalized spacial score (nSPS) is 13.5. The molecular formula is C11H26N2O. The Bertz CT molecular complexity index is 118. The zero-order chi connectivity index (χ0) is 10.8. The van der Waals surface area contributed by atoms with Gasteiger partial charge in [-0.1, -0.05) is 13.8 Å². The first-order valence-corrected chi connectivity index (χ1v) is 5.59. The standard InChI is InChI=1S/C11H26N2O/c1-10(2)5-6-12-9-11(3)13-7-8-14-4/h10-13H,5-9H2,1-4H3. The number of methoxy groups -OCH3 is 1. The Morgan fingerprint density at radius 3 is 2.43 bits per heavy atom. The maximum absolute atomic E-state index is 4.97. The molecule has 0 aromatic rings. The van der Waals surface area contributed by atoms with Gasteiger partial charge in [0, 0.05) is 26.2 Å². The highest BCUT2D eigenvalue weighted by atomic mass is 16.5. The van der Waals surface area contributed by atoms with Gasteiger partial charge in [0.25, 0.3) is 0 Å². The predicted octanol–water partition coefficient (Wildman–Crippen LogP) is 1.25. The largest absolute Gasteiger partial charge is 0.383 e. The van der Waals surface area contributed by atoms with Crippen LogP contribution in [0, 0.1) is 5.92 Å². The third-order valence-electron chi connectivity index (χ3n) is 2.15. The molecule has 0 aliphatic heterocycles. The Labute approximate surface area is 88.6 Å². The lowest BCUT2D eigenvalue weighted by Gasteiger charge is -2.14. The molecular weight excluding hydrogens is 176 g/mol. The van der Waals surface area contributed by atoms with Gasteiger partial charge in [0.05, 0.1) is 6.61 Å². The summed E-state index contributed by atoms with van der Waals surface area (Å²) in [5, 5.41) is 6.82. The highest BCUT2D eigenvalue weighted by Crippen LogP contribution is 1.95. The van der Waals surface area contributed by atoms with Crippen molar-refractivity contribution < 1.29 is 4.74 Å². The molecule has 0 aliphatic carbocycles. The number of hydrogen-bond donors (Lipinski definition) is 2. The number of nitrogens with one attached hydrogen (secondary N) is 2. The molecule has 0 heterocycles. The first-order chi connectivity index (χ1) is 6.66. The van der Waals surface area contributed by atoms with E-state index in [0.29, 0.717) is 6.04 Å². The van der Waals surface area contributed by atoms with Crippen LogP contribution in [0.4, 0.5) is 0 Å². The summed E-state index contributed by atoms with van der Waals surface area (Å²) >= 11 is 0. The fourth-order valence-corrected chi connectivity index (χ4v) is 1.19. The smallest absolute Gasteiger partial charge is 0.0587 e. The summed E-state index contributed by atoms with van der Waals surface area (Å²) in [5.41, 5.74) is 0. The summed E-state index contributed by atoms with van der Waals surface area (Å²) in [4.78, 5) is 0. The van der Waals surface area contributed by atoms with Crippen molar-refractivity contribution in [3.8, 4) is 0 Å². The van der Waals surface area contributed by atoms with Crippen LogP contribution in [0.15, 0.2) is 0 Å². The lowest BCUT2D eigenvalue weighted by atomic mass is 10.1. The zero-order valence-electron chi connectivity index (χ0n) is 10.1. The fourth-order valence-electron chi connectivity index (χ4n) is 1.19. The van der Waals surface area contributed by atoms with E-state index in [4.69, 9.17) is 4.74 Å². The summed E-state index contributed by atoms with van der Waals surface area (Å²) < 4.78 is 4.97. The van der Waals surface area contributed by atoms with Crippen LogP contribution in [0.1, 0.15) is 27.2 Å². The molecule has 0 radical (unpaired) electrons. The number of ether oxygens (including phenoxy) is 1. The minimum absolute atomic E-state index is 0.525. The van der Waals surface area contributed by atoms with Crippen molar-refractivity contribution in [3.63, 3.8) is 0 Å². The Morgan fingerprint density at radius 2 is 1.86 bits per heavy atom. The van der Waals surface area contributed by atoms with Gasteiger partial charge in [0.1, 0.15) is 0 Å². The molecule has 2 N–H and O–H groups in total. The SMILES string of the molecule is COCCNC(C)CNCCC(C)C. The van der Waals surface area contributed by atoms with Crippen molar-refractivity contribution in [1.82, 2.24) is 10.6 Å². The second-order valence-electron chi connectivity index (χ2n) is 4.23. The average Bonchev–Trinajstić information content (AvgIpc) is 2.13. The van der Waals surface area contributed by atoms with E-state index in [1.54, 1.807) is 7.11 Å². The molecule has 14 heavy (non-hydrogen) atoms. The van der Waals surface area contributed by atoms with E-state index in [0.717, 1.165) is 32.2 Å². The maximum Gasteiger partial charge on any atom is 0.0587 e. The van der Waals surface area contributed by atoms with Gasteiger partial charge in [-0.15, -0.1) is 0 Å². The molecule has 0 saturated heterocycles. The van der Waals surface area contributed by atoms with Crippen LogP contribution in [-0.4, -0.2) is 39.4 Å². The second kappa shape index (κ2) is 9.44. The van der Waals surface area contributed by atoms with E-state index in [9.17, 15) is 0 Å². The van der Waals surface area contributed by atoms with Gasteiger partial charge < -0.3 is 15.4 Å². The van der Waals surface area contributed by atoms with Gasteiger partial charge in [0.15, 0.2) is 0 Å². The van der Waals surface area contributed by atoms with Crippen LogP contribution >= 0.6 is 0 Å². The molecule has 0 fully saturated rings. The molecule has 0 aliphatic rings. The monoisotopic (exact) mass is 202 g/mol. The first kappa shape index (κ1) is 13.9. The van der Waals surface area contributed by atoms with Crippen LogP contribution in [0.5, 0.6) is 0 Å². The minimum Gasteiger partial charge on any atom is -0.383 e. The summed E-state index contributed by atoms with van der Waals surface area (Å²) in [5.74, 6) is 0.791. The van der Waals surface area contributed by atoms with Gasteiger partial charge >= 0.3 is 0 Å². The third kappa shape index (κ3) is 9.96. The summed E-state index contributed by atoms with van der Waals surface area (Å²) in [6.07, 6.45) is 1.25. The van der Waals surface area contributed by atoms with E-state index in [2.05, 4.69) is 31.4 Å². The number of hydrogen-bond acceptors (Lipinski definition) is 3. The maximum atomic E-state index is 4.97. The van der Waals surface area contributed by atoms with Crippen molar-refractivity contribution in [2.75, 3.05) is 33.4 Å². The van der Waals surface area contributed by atoms with E-state index >= 15 is 0 Å². The van der Waals surface area contributed by atoms with Crippen LogP contribution in [0.3, 0.4) is 0 Å².